The van der Waals surface area contributed by atoms with Gasteiger partial charge in [0.25, 0.3) is 11.8 Å². The Morgan fingerprint density at radius 2 is 1.59 bits per heavy atom. The van der Waals surface area contributed by atoms with Crippen molar-refractivity contribution in [3.63, 3.8) is 0 Å². The zero-order valence-corrected chi connectivity index (χ0v) is 18.9. The molecule has 0 saturated heterocycles. The number of hydrogen-bond acceptors (Lipinski definition) is 5. The van der Waals surface area contributed by atoms with Crippen LogP contribution in [0.15, 0.2) is 90.7 Å². The van der Waals surface area contributed by atoms with Gasteiger partial charge in [-0.25, -0.2) is 15.0 Å². The molecule has 1 heterocycles. The van der Waals surface area contributed by atoms with Gasteiger partial charge < -0.3 is 10.6 Å². The largest absolute Gasteiger partial charge is 0.322 e. The van der Waals surface area contributed by atoms with Crippen LogP contribution >= 0.6 is 0 Å². The molecule has 7 nitrogen and oxygen atoms in total. The van der Waals surface area contributed by atoms with Crippen LogP contribution in [-0.4, -0.2) is 27.5 Å². The Hall–Kier alpha value is -4.65. The Morgan fingerprint density at radius 3 is 2.32 bits per heavy atom. The Labute approximate surface area is 197 Å². The summed E-state index contributed by atoms with van der Waals surface area (Å²) < 4.78 is 0. The number of aryl methyl sites for hydroxylation is 1. The van der Waals surface area contributed by atoms with E-state index in [0.717, 1.165) is 16.3 Å². The van der Waals surface area contributed by atoms with E-state index in [9.17, 15) is 9.59 Å². The predicted octanol–water partition coefficient (Wildman–Crippen LogP) is 5.72. The maximum atomic E-state index is 12.9. The molecule has 0 bridgehead atoms. The summed E-state index contributed by atoms with van der Waals surface area (Å²) >= 11 is 0. The lowest BCUT2D eigenvalue weighted by Crippen LogP contribution is -2.16. The van der Waals surface area contributed by atoms with Gasteiger partial charge in [-0.05, 0) is 60.5 Å². The second-order valence-corrected chi connectivity index (χ2v) is 7.73. The third-order valence-corrected chi connectivity index (χ3v) is 5.22. The number of hydrogen-bond donors (Lipinski definition) is 2. The standard InChI is InChI=1S/C27H23N5O2/c1-4-18(3)30-27-28-15-23(16-29-27)32-26(34)24-14-22(12-9-17(24)2)31-25(33)21-11-10-19-7-5-6-8-20(19)13-21/h4-16H,1H2,2-3H3,(H,31,33)(H,32,34). The molecular weight excluding hydrogens is 426 g/mol. The van der Waals surface area contributed by atoms with Crippen molar-refractivity contribution in [3.05, 3.63) is 102 Å². The fraction of sp³-hybridized carbons (Fsp3) is 0.0741. The molecule has 0 atom stereocenters. The summed E-state index contributed by atoms with van der Waals surface area (Å²) in [5.41, 5.74) is 3.39. The van der Waals surface area contributed by atoms with Crippen LogP contribution in [0.3, 0.4) is 0 Å². The van der Waals surface area contributed by atoms with Crippen molar-refractivity contribution in [2.24, 2.45) is 4.99 Å². The molecule has 4 rings (SSSR count). The number of rotatable bonds is 6. The SMILES string of the molecule is C=CC(C)=Nc1ncc(NC(=O)c2cc(NC(=O)c3ccc4ccccc4c3)ccc2C)cn1. The fourth-order valence-electron chi connectivity index (χ4n) is 3.32. The van der Waals surface area contributed by atoms with E-state index >= 15 is 0 Å². The number of anilines is 2. The number of benzene rings is 3. The predicted molar refractivity (Wildman–Crippen MR) is 136 cm³/mol. The summed E-state index contributed by atoms with van der Waals surface area (Å²) in [6.07, 6.45) is 4.58. The van der Waals surface area contributed by atoms with E-state index in [0.29, 0.717) is 28.2 Å². The summed E-state index contributed by atoms with van der Waals surface area (Å²) in [7, 11) is 0. The van der Waals surface area contributed by atoms with Crippen molar-refractivity contribution in [2.45, 2.75) is 13.8 Å². The Kier molecular flexibility index (Phi) is 6.54. The van der Waals surface area contributed by atoms with Gasteiger partial charge in [0.05, 0.1) is 18.1 Å². The third-order valence-electron chi connectivity index (χ3n) is 5.22. The monoisotopic (exact) mass is 449 g/mol. The molecule has 0 aliphatic carbocycles. The quantitative estimate of drug-likeness (QED) is 0.368. The van der Waals surface area contributed by atoms with Crippen LogP contribution in [-0.2, 0) is 0 Å². The maximum Gasteiger partial charge on any atom is 0.256 e. The van der Waals surface area contributed by atoms with E-state index < -0.39 is 0 Å². The van der Waals surface area contributed by atoms with Crippen LogP contribution in [0.1, 0.15) is 33.2 Å². The van der Waals surface area contributed by atoms with Crippen LogP contribution in [0.4, 0.5) is 17.3 Å². The molecule has 7 heteroatoms. The molecule has 3 aromatic carbocycles. The fourth-order valence-corrected chi connectivity index (χ4v) is 3.32. The van der Waals surface area contributed by atoms with Gasteiger partial charge in [0.2, 0.25) is 5.95 Å². The van der Waals surface area contributed by atoms with Crippen LogP contribution in [0, 0.1) is 6.92 Å². The van der Waals surface area contributed by atoms with Crippen molar-refractivity contribution in [1.29, 1.82) is 0 Å². The van der Waals surface area contributed by atoms with Gasteiger partial charge in [0.1, 0.15) is 0 Å². The summed E-state index contributed by atoms with van der Waals surface area (Å²) in [6, 6.07) is 18.6. The number of amides is 2. The van der Waals surface area contributed by atoms with Crippen molar-refractivity contribution >= 4 is 45.6 Å². The number of aromatic nitrogens is 2. The van der Waals surface area contributed by atoms with Gasteiger partial charge in [-0.15, -0.1) is 0 Å². The molecule has 1 aromatic heterocycles. The second kappa shape index (κ2) is 9.87. The lowest BCUT2D eigenvalue weighted by molar-refractivity contribution is 0.101. The zero-order chi connectivity index (χ0) is 24.1. The average molecular weight is 450 g/mol. The maximum absolute atomic E-state index is 12.9. The molecule has 0 radical (unpaired) electrons. The molecule has 4 aromatic rings. The van der Waals surface area contributed by atoms with Crippen molar-refractivity contribution in [2.75, 3.05) is 10.6 Å². The van der Waals surface area contributed by atoms with Gasteiger partial charge in [-0.3, -0.25) is 9.59 Å². The van der Waals surface area contributed by atoms with E-state index in [1.165, 1.54) is 12.4 Å². The highest BCUT2D eigenvalue weighted by molar-refractivity contribution is 6.09. The van der Waals surface area contributed by atoms with E-state index in [2.05, 4.69) is 32.2 Å². The van der Waals surface area contributed by atoms with Crippen LogP contribution in [0.2, 0.25) is 0 Å². The number of nitrogens with one attached hydrogen (secondary N) is 2. The summed E-state index contributed by atoms with van der Waals surface area (Å²) in [5, 5.41) is 7.70. The van der Waals surface area contributed by atoms with Crippen molar-refractivity contribution in [3.8, 4) is 0 Å². The van der Waals surface area contributed by atoms with Gasteiger partial charge in [-0.2, -0.15) is 0 Å². The first-order valence-corrected chi connectivity index (χ1v) is 10.6. The molecule has 0 fully saturated rings. The zero-order valence-electron chi connectivity index (χ0n) is 18.9. The molecule has 2 N–H and O–H groups in total. The average Bonchev–Trinajstić information content (AvgIpc) is 2.85. The molecule has 2 amide bonds. The lowest BCUT2D eigenvalue weighted by atomic mass is 10.1. The minimum atomic E-state index is -0.332. The number of aliphatic imine (C=N–C) groups is 1. The topological polar surface area (TPSA) is 96.3 Å². The molecule has 0 unspecified atom stereocenters. The molecule has 0 aliphatic heterocycles. The minimum absolute atomic E-state index is 0.250. The number of carbonyl (C=O) groups excluding carboxylic acids is 2. The molecule has 0 spiro atoms. The number of carbonyl (C=O) groups is 2. The first kappa shape index (κ1) is 22.5. The molecule has 34 heavy (non-hydrogen) atoms. The first-order valence-electron chi connectivity index (χ1n) is 10.6. The van der Waals surface area contributed by atoms with Gasteiger partial charge in [0.15, 0.2) is 0 Å². The minimum Gasteiger partial charge on any atom is -0.322 e. The smallest absolute Gasteiger partial charge is 0.256 e. The highest BCUT2D eigenvalue weighted by Gasteiger charge is 2.13. The Morgan fingerprint density at radius 1 is 0.882 bits per heavy atom. The highest BCUT2D eigenvalue weighted by atomic mass is 16.2. The molecule has 168 valence electrons. The van der Waals surface area contributed by atoms with E-state index in [1.807, 2.05) is 43.3 Å². The second-order valence-electron chi connectivity index (χ2n) is 7.73. The van der Waals surface area contributed by atoms with Crippen LogP contribution in [0.25, 0.3) is 10.8 Å². The van der Waals surface area contributed by atoms with E-state index in [-0.39, 0.29) is 17.8 Å². The van der Waals surface area contributed by atoms with Crippen LogP contribution in [0.5, 0.6) is 0 Å². The lowest BCUT2D eigenvalue weighted by Gasteiger charge is -2.11. The summed E-state index contributed by atoms with van der Waals surface area (Å²) in [6.45, 7) is 7.26. The van der Waals surface area contributed by atoms with Crippen LogP contribution < -0.4 is 10.6 Å². The highest BCUT2D eigenvalue weighted by Crippen LogP contribution is 2.20. The number of allylic oxidation sites excluding steroid dienone is 1. The van der Waals surface area contributed by atoms with Crippen molar-refractivity contribution in [1.82, 2.24) is 9.97 Å². The van der Waals surface area contributed by atoms with E-state index in [4.69, 9.17) is 0 Å². The Balaban J connectivity index is 1.49. The van der Waals surface area contributed by atoms with E-state index in [1.54, 1.807) is 37.3 Å². The van der Waals surface area contributed by atoms with Gasteiger partial charge >= 0.3 is 0 Å². The number of nitrogens with zero attached hydrogens (tertiary/aromatic N) is 3. The Bertz CT molecular complexity index is 1420. The normalized spacial score (nSPS) is 11.2. The number of fused-ring (bicyclic) bond motifs is 1. The molecule has 0 aliphatic rings. The first-order chi connectivity index (χ1) is 16.4. The molecular formula is C27H23N5O2. The summed E-state index contributed by atoms with van der Waals surface area (Å²) in [4.78, 5) is 38.1. The molecule has 0 saturated carbocycles. The third kappa shape index (κ3) is 5.21. The van der Waals surface area contributed by atoms with Crippen molar-refractivity contribution < 1.29 is 9.59 Å². The van der Waals surface area contributed by atoms with Gasteiger partial charge in [-0.1, -0.05) is 43.0 Å². The van der Waals surface area contributed by atoms with Gasteiger partial charge in [0, 0.05) is 22.5 Å². The summed E-state index contributed by atoms with van der Waals surface area (Å²) in [5.74, 6) is -0.299.